The van der Waals surface area contributed by atoms with E-state index in [1.807, 2.05) is 13.8 Å². The van der Waals surface area contributed by atoms with E-state index in [9.17, 15) is 14.7 Å². The number of ketones is 1. The van der Waals surface area contributed by atoms with Crippen molar-refractivity contribution >= 4 is 17.4 Å². The second-order valence-electron chi connectivity index (χ2n) is 6.16. The number of benzene rings is 1. The van der Waals surface area contributed by atoms with Crippen LogP contribution in [0, 0.1) is 11.8 Å². The van der Waals surface area contributed by atoms with Gasteiger partial charge < -0.3 is 15.9 Å². The summed E-state index contributed by atoms with van der Waals surface area (Å²) in [5, 5.41) is 19.1. The van der Waals surface area contributed by atoms with E-state index >= 15 is 0 Å². The molecule has 5 heteroatoms. The second kappa shape index (κ2) is 8.48. The molecule has 0 unspecified atom stereocenters. The minimum Gasteiger partial charge on any atom is -0.478 e. The smallest absolute Gasteiger partial charge is 0.330 e. The number of carbonyl (C=O) groups is 2. The molecule has 0 amide bonds. The number of Topliss-reactive ketones (excluding diaryl/α,β-unsaturated/α-hetero) is 1. The molecule has 4 N–H and O–H groups in total. The Balaban J connectivity index is 2.58. The van der Waals surface area contributed by atoms with Gasteiger partial charge in [0.25, 0.3) is 0 Å². The zero-order valence-corrected chi connectivity index (χ0v) is 13.8. The summed E-state index contributed by atoms with van der Waals surface area (Å²) in [6.07, 6.45) is 1.56. The monoisotopic (exact) mass is 319 g/mol. The number of carboxylic acids is 1. The fourth-order valence-corrected chi connectivity index (χ4v) is 2.49. The minimum absolute atomic E-state index is 0.0161. The first-order valence-electron chi connectivity index (χ1n) is 7.69. The lowest BCUT2D eigenvalue weighted by molar-refractivity contribution is -0.132. The lowest BCUT2D eigenvalue weighted by Crippen LogP contribution is -2.23. The van der Waals surface area contributed by atoms with E-state index in [4.69, 9.17) is 10.8 Å². The number of aliphatic hydroxyl groups is 1. The number of hydrogen-bond donors (Lipinski definition) is 3. The van der Waals surface area contributed by atoms with Crippen LogP contribution in [0.5, 0.6) is 0 Å². The Hall–Kier alpha value is -2.14. The summed E-state index contributed by atoms with van der Waals surface area (Å²) >= 11 is 0. The average molecular weight is 319 g/mol. The summed E-state index contributed by atoms with van der Waals surface area (Å²) in [4.78, 5) is 22.9. The number of nitrogens with two attached hydrogens (primary N) is 1. The molecular weight excluding hydrogens is 294 g/mol. The van der Waals surface area contributed by atoms with Crippen molar-refractivity contribution < 1.29 is 19.8 Å². The van der Waals surface area contributed by atoms with Crippen molar-refractivity contribution in [1.82, 2.24) is 0 Å². The highest BCUT2D eigenvalue weighted by Gasteiger charge is 2.20. The molecular formula is C18H25NO4. The highest BCUT2D eigenvalue weighted by atomic mass is 16.4. The molecule has 0 aliphatic rings. The van der Waals surface area contributed by atoms with E-state index < -0.39 is 12.1 Å². The first-order chi connectivity index (χ1) is 10.7. The number of anilines is 1. The average Bonchev–Trinajstić information content (AvgIpc) is 2.47. The first-order valence-corrected chi connectivity index (χ1v) is 7.69. The van der Waals surface area contributed by atoms with Crippen molar-refractivity contribution in [3.05, 3.63) is 41.5 Å². The maximum atomic E-state index is 12.1. The predicted octanol–water partition coefficient (Wildman–Crippen LogP) is 2.90. The molecule has 1 rings (SSSR count). The van der Waals surface area contributed by atoms with E-state index in [0.717, 1.165) is 0 Å². The van der Waals surface area contributed by atoms with Gasteiger partial charge in [-0.05, 0) is 49.4 Å². The van der Waals surface area contributed by atoms with Gasteiger partial charge in [-0.2, -0.15) is 0 Å². The lowest BCUT2D eigenvalue weighted by Gasteiger charge is -2.20. The van der Waals surface area contributed by atoms with Crippen molar-refractivity contribution in [3.63, 3.8) is 0 Å². The Bertz CT molecular complexity index is 577. The Labute approximate surface area is 136 Å². The fourth-order valence-electron chi connectivity index (χ4n) is 2.49. The van der Waals surface area contributed by atoms with Gasteiger partial charge >= 0.3 is 5.97 Å². The van der Waals surface area contributed by atoms with Gasteiger partial charge in [-0.25, -0.2) is 4.79 Å². The predicted molar refractivity (Wildman–Crippen MR) is 90.1 cm³/mol. The van der Waals surface area contributed by atoms with Crippen molar-refractivity contribution in [1.29, 1.82) is 0 Å². The number of carboxylic acid groups (broad SMARTS) is 1. The topological polar surface area (TPSA) is 101 Å². The van der Waals surface area contributed by atoms with E-state index in [2.05, 4.69) is 0 Å². The van der Waals surface area contributed by atoms with Crippen LogP contribution in [0.15, 0.2) is 35.9 Å². The number of hydrogen-bond acceptors (Lipinski definition) is 4. The van der Waals surface area contributed by atoms with Gasteiger partial charge in [0, 0.05) is 23.2 Å². The van der Waals surface area contributed by atoms with E-state index in [1.165, 1.54) is 0 Å². The van der Waals surface area contributed by atoms with Crippen molar-refractivity contribution in [2.45, 2.75) is 39.7 Å². The maximum absolute atomic E-state index is 12.1. The van der Waals surface area contributed by atoms with E-state index in [-0.39, 0.29) is 29.6 Å². The quantitative estimate of drug-likeness (QED) is 0.388. The summed E-state index contributed by atoms with van der Waals surface area (Å²) in [6.45, 7) is 5.31. The molecule has 3 atom stereocenters. The van der Waals surface area contributed by atoms with Crippen LogP contribution in [0.3, 0.4) is 0 Å². The van der Waals surface area contributed by atoms with Crippen LogP contribution in [-0.2, 0) is 4.79 Å². The Morgan fingerprint density at radius 2 is 1.78 bits per heavy atom. The lowest BCUT2D eigenvalue weighted by atomic mass is 9.88. The number of aliphatic hydroxyl groups excluding tert-OH is 1. The van der Waals surface area contributed by atoms with Gasteiger partial charge in [-0.15, -0.1) is 0 Å². The van der Waals surface area contributed by atoms with Crippen LogP contribution >= 0.6 is 0 Å². The summed E-state index contributed by atoms with van der Waals surface area (Å²) in [5.41, 5.74) is 6.99. The Morgan fingerprint density at radius 3 is 2.30 bits per heavy atom. The third-order valence-corrected chi connectivity index (χ3v) is 3.90. The van der Waals surface area contributed by atoms with Crippen LogP contribution in [-0.4, -0.2) is 28.1 Å². The molecule has 0 saturated carbocycles. The minimum atomic E-state index is -0.941. The summed E-state index contributed by atoms with van der Waals surface area (Å²) in [6, 6.07) is 6.61. The SMILES string of the molecule is CC(=C[C@@H](C)C[C@H](C)[C@H](O)CC(=O)c1ccc(N)cc1)C(=O)O. The number of rotatable bonds is 8. The van der Waals surface area contributed by atoms with E-state index in [0.29, 0.717) is 17.7 Å². The number of aliphatic carboxylic acids is 1. The zero-order valence-electron chi connectivity index (χ0n) is 13.8. The first kappa shape index (κ1) is 18.9. The third-order valence-electron chi connectivity index (χ3n) is 3.90. The highest BCUT2D eigenvalue weighted by Crippen LogP contribution is 2.21. The molecule has 0 aromatic heterocycles. The number of carbonyl (C=O) groups excluding carboxylic acids is 1. The Kier molecular flexibility index (Phi) is 6.97. The van der Waals surface area contributed by atoms with Gasteiger partial charge in [-0.3, -0.25) is 4.79 Å². The van der Waals surface area contributed by atoms with Gasteiger partial charge in [0.1, 0.15) is 0 Å². The largest absolute Gasteiger partial charge is 0.478 e. The van der Waals surface area contributed by atoms with Gasteiger partial charge in [-0.1, -0.05) is 19.9 Å². The molecule has 23 heavy (non-hydrogen) atoms. The van der Waals surface area contributed by atoms with Crippen LogP contribution in [0.2, 0.25) is 0 Å². The summed E-state index contributed by atoms with van der Waals surface area (Å²) in [7, 11) is 0. The van der Waals surface area contributed by atoms with Crippen LogP contribution in [0.4, 0.5) is 5.69 Å². The number of nitrogen functional groups attached to an aromatic ring is 1. The normalized spacial score (nSPS) is 15.7. The summed E-state index contributed by atoms with van der Waals surface area (Å²) in [5.74, 6) is -1.17. The highest BCUT2D eigenvalue weighted by molar-refractivity contribution is 5.96. The maximum Gasteiger partial charge on any atom is 0.330 e. The van der Waals surface area contributed by atoms with Crippen LogP contribution in [0.25, 0.3) is 0 Å². The second-order valence-corrected chi connectivity index (χ2v) is 6.16. The molecule has 1 aromatic carbocycles. The molecule has 0 spiro atoms. The van der Waals surface area contributed by atoms with E-state index in [1.54, 1.807) is 37.3 Å². The molecule has 0 aliphatic heterocycles. The van der Waals surface area contributed by atoms with Gasteiger partial charge in [0.15, 0.2) is 5.78 Å². The molecule has 0 aliphatic carbocycles. The molecule has 1 aromatic rings. The molecule has 5 nitrogen and oxygen atoms in total. The standard InChI is InChI=1S/C18H25NO4/c1-11(9-13(3)18(22)23)8-12(2)16(20)10-17(21)14-4-6-15(19)7-5-14/h4-7,9,11-12,16,20H,8,10,19H2,1-3H3,(H,22,23)/t11-,12-,16+/m0/s1. The summed E-state index contributed by atoms with van der Waals surface area (Å²) < 4.78 is 0. The van der Waals surface area contributed by atoms with Crippen molar-refractivity contribution in [2.75, 3.05) is 5.73 Å². The molecule has 0 heterocycles. The molecule has 0 saturated heterocycles. The molecule has 0 radical (unpaired) electrons. The van der Waals surface area contributed by atoms with Gasteiger partial charge in [0.2, 0.25) is 0 Å². The fraction of sp³-hybridized carbons (Fsp3) is 0.444. The third kappa shape index (κ3) is 6.24. The van der Waals surface area contributed by atoms with Crippen molar-refractivity contribution in [3.8, 4) is 0 Å². The van der Waals surface area contributed by atoms with Crippen molar-refractivity contribution in [2.24, 2.45) is 11.8 Å². The van der Waals surface area contributed by atoms with Gasteiger partial charge in [0.05, 0.1) is 6.10 Å². The van der Waals surface area contributed by atoms with Crippen LogP contribution in [0.1, 0.15) is 44.0 Å². The number of allylic oxidation sites excluding steroid dienone is 1. The molecule has 0 bridgehead atoms. The molecule has 126 valence electrons. The molecule has 0 fully saturated rings. The van der Waals surface area contributed by atoms with Crippen LogP contribution < -0.4 is 5.73 Å². The zero-order chi connectivity index (χ0) is 17.6. The Morgan fingerprint density at radius 1 is 1.22 bits per heavy atom.